The van der Waals surface area contributed by atoms with Crippen molar-refractivity contribution >= 4 is 5.91 Å². The first kappa shape index (κ1) is 14.9. The molecule has 1 aromatic rings. The van der Waals surface area contributed by atoms with Crippen molar-refractivity contribution < 1.29 is 18.0 Å². The van der Waals surface area contributed by atoms with Crippen molar-refractivity contribution in [3.63, 3.8) is 0 Å². The van der Waals surface area contributed by atoms with Crippen molar-refractivity contribution in [2.24, 2.45) is 5.92 Å². The molecule has 1 aromatic carbocycles. The van der Waals surface area contributed by atoms with Gasteiger partial charge in [0.25, 0.3) is 5.91 Å². The number of hydrogen-bond donors (Lipinski definition) is 1. The van der Waals surface area contributed by atoms with E-state index < -0.39 is 11.7 Å². The van der Waals surface area contributed by atoms with Gasteiger partial charge in [0, 0.05) is 12.1 Å². The van der Waals surface area contributed by atoms with Gasteiger partial charge < -0.3 is 5.32 Å². The number of halogens is 3. The van der Waals surface area contributed by atoms with Crippen LogP contribution in [-0.2, 0) is 6.18 Å². The third-order valence-corrected chi connectivity index (χ3v) is 3.75. The van der Waals surface area contributed by atoms with Crippen molar-refractivity contribution in [3.05, 3.63) is 35.4 Å². The summed E-state index contributed by atoms with van der Waals surface area (Å²) >= 11 is 0. The van der Waals surface area contributed by atoms with Crippen molar-refractivity contribution in [1.29, 1.82) is 0 Å². The summed E-state index contributed by atoms with van der Waals surface area (Å²) in [6.07, 6.45) is 1.52. The topological polar surface area (TPSA) is 29.1 Å². The molecule has 0 unspecified atom stereocenters. The molecule has 1 aliphatic carbocycles. The van der Waals surface area contributed by atoms with Crippen LogP contribution in [0, 0.1) is 5.92 Å². The van der Waals surface area contributed by atoms with Crippen LogP contribution >= 0.6 is 0 Å². The van der Waals surface area contributed by atoms with Crippen LogP contribution in [0.25, 0.3) is 0 Å². The second kappa shape index (κ2) is 6.29. The minimum Gasteiger partial charge on any atom is -0.352 e. The van der Waals surface area contributed by atoms with Gasteiger partial charge in [-0.15, -0.1) is 0 Å². The SMILES string of the molecule is O=C(NCC1CCCCC1)c1ccc(C(F)(F)F)cc1. The Bertz CT molecular complexity index is 447. The van der Waals surface area contributed by atoms with Crippen LogP contribution in [0.4, 0.5) is 13.2 Å². The molecule has 0 aliphatic heterocycles. The van der Waals surface area contributed by atoms with Gasteiger partial charge in [-0.1, -0.05) is 19.3 Å². The Hall–Kier alpha value is -1.52. The molecular weight excluding hydrogens is 267 g/mol. The molecule has 0 heterocycles. The van der Waals surface area contributed by atoms with E-state index in [9.17, 15) is 18.0 Å². The molecule has 20 heavy (non-hydrogen) atoms. The zero-order chi connectivity index (χ0) is 14.6. The Morgan fingerprint density at radius 2 is 1.70 bits per heavy atom. The van der Waals surface area contributed by atoms with Crippen LogP contribution in [0.1, 0.15) is 48.0 Å². The molecular formula is C15H18F3NO. The normalized spacial score (nSPS) is 16.9. The first-order valence-corrected chi connectivity index (χ1v) is 6.92. The second-order valence-electron chi connectivity index (χ2n) is 5.29. The zero-order valence-electron chi connectivity index (χ0n) is 11.2. The van der Waals surface area contributed by atoms with Gasteiger partial charge in [-0.2, -0.15) is 13.2 Å². The summed E-state index contributed by atoms with van der Waals surface area (Å²) in [4.78, 5) is 11.9. The summed E-state index contributed by atoms with van der Waals surface area (Å²) in [6, 6.07) is 4.32. The molecule has 1 aliphatic rings. The maximum absolute atomic E-state index is 12.4. The van der Waals surface area contributed by atoms with Crippen LogP contribution in [-0.4, -0.2) is 12.5 Å². The third kappa shape index (κ3) is 3.99. The van der Waals surface area contributed by atoms with Gasteiger partial charge in [0.1, 0.15) is 0 Å². The molecule has 0 spiro atoms. The number of carbonyl (C=O) groups is 1. The van der Waals surface area contributed by atoms with Crippen molar-refractivity contribution in [2.75, 3.05) is 6.54 Å². The summed E-state index contributed by atoms with van der Waals surface area (Å²) in [5.41, 5.74) is -0.463. The maximum atomic E-state index is 12.4. The van der Waals surface area contributed by atoms with Crippen LogP contribution in [0.15, 0.2) is 24.3 Å². The minimum atomic E-state index is -4.36. The Morgan fingerprint density at radius 1 is 1.10 bits per heavy atom. The molecule has 1 fully saturated rings. The highest BCUT2D eigenvalue weighted by molar-refractivity contribution is 5.94. The quantitative estimate of drug-likeness (QED) is 0.893. The summed E-state index contributed by atoms with van der Waals surface area (Å²) in [5.74, 6) is 0.200. The summed E-state index contributed by atoms with van der Waals surface area (Å²) in [5, 5.41) is 2.81. The highest BCUT2D eigenvalue weighted by Crippen LogP contribution is 2.29. The van der Waals surface area contributed by atoms with E-state index in [1.54, 1.807) is 0 Å². The minimum absolute atomic E-state index is 0.272. The lowest BCUT2D eigenvalue weighted by molar-refractivity contribution is -0.137. The van der Waals surface area contributed by atoms with E-state index >= 15 is 0 Å². The fourth-order valence-corrected chi connectivity index (χ4v) is 2.54. The average molecular weight is 285 g/mol. The third-order valence-electron chi connectivity index (χ3n) is 3.75. The van der Waals surface area contributed by atoms with E-state index in [4.69, 9.17) is 0 Å². The van der Waals surface area contributed by atoms with E-state index in [1.807, 2.05) is 0 Å². The predicted molar refractivity (Wildman–Crippen MR) is 70.4 cm³/mol. The molecule has 1 saturated carbocycles. The molecule has 110 valence electrons. The summed E-state index contributed by atoms with van der Waals surface area (Å²) in [7, 11) is 0. The maximum Gasteiger partial charge on any atom is 0.416 e. The van der Waals surface area contributed by atoms with E-state index in [0.717, 1.165) is 25.0 Å². The Morgan fingerprint density at radius 3 is 2.25 bits per heavy atom. The van der Waals surface area contributed by atoms with E-state index in [1.165, 1.54) is 31.4 Å². The van der Waals surface area contributed by atoms with Crippen LogP contribution < -0.4 is 5.32 Å². The van der Waals surface area contributed by atoms with Crippen molar-refractivity contribution in [2.45, 2.75) is 38.3 Å². The Labute approximate surface area is 116 Å². The lowest BCUT2D eigenvalue weighted by Crippen LogP contribution is -2.30. The number of hydrogen-bond acceptors (Lipinski definition) is 1. The molecule has 2 rings (SSSR count). The standard InChI is InChI=1S/C15H18F3NO/c16-15(17,18)13-8-6-12(7-9-13)14(20)19-10-11-4-2-1-3-5-11/h6-9,11H,1-5,10H2,(H,19,20). The largest absolute Gasteiger partial charge is 0.416 e. The molecule has 1 N–H and O–H groups in total. The van der Waals surface area contributed by atoms with E-state index in [-0.39, 0.29) is 11.5 Å². The number of alkyl halides is 3. The molecule has 0 radical (unpaired) electrons. The Balaban J connectivity index is 1.89. The van der Waals surface area contributed by atoms with Gasteiger partial charge in [-0.05, 0) is 43.0 Å². The van der Waals surface area contributed by atoms with E-state index in [2.05, 4.69) is 5.32 Å². The summed E-state index contributed by atoms with van der Waals surface area (Å²) < 4.78 is 37.2. The van der Waals surface area contributed by atoms with Crippen LogP contribution in [0.5, 0.6) is 0 Å². The smallest absolute Gasteiger partial charge is 0.352 e. The summed E-state index contributed by atoms with van der Waals surface area (Å²) in [6.45, 7) is 0.611. The van der Waals surface area contributed by atoms with Crippen molar-refractivity contribution in [3.8, 4) is 0 Å². The van der Waals surface area contributed by atoms with Gasteiger partial charge >= 0.3 is 6.18 Å². The van der Waals surface area contributed by atoms with Gasteiger partial charge in [-0.25, -0.2) is 0 Å². The first-order valence-electron chi connectivity index (χ1n) is 6.92. The number of amides is 1. The highest BCUT2D eigenvalue weighted by atomic mass is 19.4. The van der Waals surface area contributed by atoms with Crippen molar-refractivity contribution in [1.82, 2.24) is 5.32 Å². The van der Waals surface area contributed by atoms with Gasteiger partial charge in [-0.3, -0.25) is 4.79 Å². The molecule has 1 amide bonds. The molecule has 5 heteroatoms. The predicted octanol–water partition coefficient (Wildman–Crippen LogP) is 4.02. The molecule has 0 atom stereocenters. The fourth-order valence-electron chi connectivity index (χ4n) is 2.54. The molecule has 0 bridgehead atoms. The van der Waals surface area contributed by atoms with Gasteiger partial charge in [0.15, 0.2) is 0 Å². The van der Waals surface area contributed by atoms with E-state index in [0.29, 0.717) is 12.5 Å². The lowest BCUT2D eigenvalue weighted by atomic mass is 9.89. The lowest BCUT2D eigenvalue weighted by Gasteiger charge is -2.21. The molecule has 2 nitrogen and oxygen atoms in total. The zero-order valence-corrected chi connectivity index (χ0v) is 11.2. The monoisotopic (exact) mass is 285 g/mol. The second-order valence-corrected chi connectivity index (χ2v) is 5.29. The average Bonchev–Trinajstić information content (AvgIpc) is 2.45. The first-order chi connectivity index (χ1) is 9.47. The number of rotatable bonds is 3. The fraction of sp³-hybridized carbons (Fsp3) is 0.533. The number of benzene rings is 1. The Kier molecular flexibility index (Phi) is 4.68. The van der Waals surface area contributed by atoms with Crippen LogP contribution in [0.3, 0.4) is 0 Å². The van der Waals surface area contributed by atoms with Crippen LogP contribution in [0.2, 0.25) is 0 Å². The highest BCUT2D eigenvalue weighted by Gasteiger charge is 2.30. The molecule has 0 aromatic heterocycles. The number of carbonyl (C=O) groups excluding carboxylic acids is 1. The van der Waals surface area contributed by atoms with Gasteiger partial charge in [0.05, 0.1) is 5.56 Å². The van der Waals surface area contributed by atoms with Gasteiger partial charge in [0.2, 0.25) is 0 Å². The molecule has 0 saturated heterocycles. The number of nitrogens with one attached hydrogen (secondary N) is 1.